The van der Waals surface area contributed by atoms with E-state index < -0.39 is 11.4 Å². The Hall–Kier alpha value is -0.860. The van der Waals surface area contributed by atoms with Gasteiger partial charge >= 0.3 is 5.97 Å². The second-order valence-electron chi connectivity index (χ2n) is 9.21. The maximum Gasteiger partial charge on any atom is 0.309 e. The number of carboxylic acid groups (broad SMARTS) is 1. The van der Waals surface area contributed by atoms with Gasteiger partial charge in [-0.25, -0.2) is 0 Å². The molecule has 6 atom stereocenters. The molecular formula is C19H28O3. The Morgan fingerprint density at radius 1 is 1.09 bits per heavy atom. The van der Waals surface area contributed by atoms with Crippen molar-refractivity contribution in [3.8, 4) is 0 Å². The topological polar surface area (TPSA) is 54.4 Å². The minimum absolute atomic E-state index is 0.124. The second kappa shape index (κ2) is 4.36. The Kier molecular flexibility index (Phi) is 2.92. The lowest BCUT2D eigenvalue weighted by molar-refractivity contribution is -0.181. The van der Waals surface area contributed by atoms with E-state index in [1.165, 1.54) is 0 Å². The van der Waals surface area contributed by atoms with Gasteiger partial charge in [-0.3, -0.25) is 9.59 Å². The van der Waals surface area contributed by atoms with Crippen molar-refractivity contribution in [3.05, 3.63) is 0 Å². The van der Waals surface area contributed by atoms with Gasteiger partial charge in [0, 0.05) is 12.3 Å². The molecule has 0 heterocycles. The van der Waals surface area contributed by atoms with Gasteiger partial charge in [-0.15, -0.1) is 0 Å². The largest absolute Gasteiger partial charge is 0.481 e. The van der Waals surface area contributed by atoms with Crippen molar-refractivity contribution in [2.75, 3.05) is 0 Å². The van der Waals surface area contributed by atoms with Crippen molar-refractivity contribution in [1.29, 1.82) is 0 Å². The lowest BCUT2D eigenvalue weighted by Crippen LogP contribution is -2.58. The zero-order valence-corrected chi connectivity index (χ0v) is 13.9. The molecule has 3 heteroatoms. The Morgan fingerprint density at radius 2 is 1.86 bits per heavy atom. The van der Waals surface area contributed by atoms with Gasteiger partial charge in [0.2, 0.25) is 0 Å². The number of hydrogen-bond donors (Lipinski definition) is 1. The van der Waals surface area contributed by atoms with E-state index in [0.29, 0.717) is 17.6 Å². The normalized spacial score (nSPS) is 53.7. The smallest absolute Gasteiger partial charge is 0.309 e. The maximum absolute atomic E-state index is 12.3. The van der Waals surface area contributed by atoms with Gasteiger partial charge in [0.15, 0.2) is 0 Å². The zero-order chi connectivity index (χ0) is 15.8. The van der Waals surface area contributed by atoms with E-state index in [1.54, 1.807) is 0 Å². The summed E-state index contributed by atoms with van der Waals surface area (Å²) in [6.07, 6.45) is 9.20. The van der Waals surface area contributed by atoms with E-state index in [9.17, 15) is 14.7 Å². The Morgan fingerprint density at radius 3 is 2.59 bits per heavy atom. The molecule has 0 saturated heterocycles. The maximum atomic E-state index is 12.3. The van der Waals surface area contributed by atoms with E-state index in [-0.39, 0.29) is 16.7 Å². The van der Waals surface area contributed by atoms with Crippen LogP contribution in [0.15, 0.2) is 0 Å². The minimum Gasteiger partial charge on any atom is -0.481 e. The molecule has 0 radical (unpaired) electrons. The minimum atomic E-state index is -0.601. The molecular weight excluding hydrogens is 276 g/mol. The molecule has 4 saturated carbocycles. The fourth-order valence-corrected chi connectivity index (χ4v) is 7.43. The first-order chi connectivity index (χ1) is 10.3. The van der Waals surface area contributed by atoms with Gasteiger partial charge in [-0.2, -0.15) is 0 Å². The highest BCUT2D eigenvalue weighted by molar-refractivity contribution is 5.84. The quantitative estimate of drug-likeness (QED) is 0.795. The van der Waals surface area contributed by atoms with Crippen molar-refractivity contribution in [2.24, 2.45) is 34.0 Å². The van der Waals surface area contributed by atoms with Gasteiger partial charge in [0.05, 0.1) is 5.41 Å². The fraction of sp³-hybridized carbons (Fsp3) is 0.895. The van der Waals surface area contributed by atoms with Crippen LogP contribution in [0.4, 0.5) is 0 Å². The van der Waals surface area contributed by atoms with Crippen molar-refractivity contribution >= 4 is 11.8 Å². The standard InChI is InChI=1S/C19H28O3/c1-17-7-3-8-18(2,16(21)22)14(17)6-9-19-10-12(13(20)11-19)4-5-15(17)19/h12,14-15H,3-11H2,1-2H3,(H,21,22)/t12-,14+,15+,17-,18-,19+/m0/s1. The first-order valence-electron chi connectivity index (χ1n) is 9.08. The molecule has 4 rings (SSSR count). The lowest BCUT2D eigenvalue weighted by Gasteiger charge is -2.63. The third-order valence-corrected chi connectivity index (χ3v) is 8.37. The van der Waals surface area contributed by atoms with Crippen LogP contribution in [0.1, 0.15) is 71.6 Å². The number of rotatable bonds is 1. The van der Waals surface area contributed by atoms with Crippen LogP contribution in [0.25, 0.3) is 0 Å². The van der Waals surface area contributed by atoms with Gasteiger partial charge in [0.1, 0.15) is 5.78 Å². The molecule has 4 aliphatic carbocycles. The summed E-state index contributed by atoms with van der Waals surface area (Å²) in [4.78, 5) is 24.3. The van der Waals surface area contributed by atoms with E-state index >= 15 is 0 Å². The predicted molar refractivity (Wildman–Crippen MR) is 83.3 cm³/mol. The van der Waals surface area contributed by atoms with E-state index in [4.69, 9.17) is 0 Å². The molecule has 0 aromatic carbocycles. The molecule has 0 aromatic rings. The van der Waals surface area contributed by atoms with Crippen LogP contribution in [-0.4, -0.2) is 16.9 Å². The van der Waals surface area contributed by atoms with Crippen molar-refractivity contribution in [2.45, 2.75) is 71.6 Å². The van der Waals surface area contributed by atoms with Crippen LogP contribution in [0, 0.1) is 34.0 Å². The predicted octanol–water partition coefficient (Wildman–Crippen LogP) is 4.05. The van der Waals surface area contributed by atoms with Crippen molar-refractivity contribution in [3.63, 3.8) is 0 Å². The highest BCUT2D eigenvalue weighted by Gasteiger charge is 2.65. The van der Waals surface area contributed by atoms with Crippen LogP contribution < -0.4 is 0 Å². The zero-order valence-electron chi connectivity index (χ0n) is 13.9. The molecule has 4 aliphatic rings. The highest BCUT2D eigenvalue weighted by Crippen LogP contribution is 2.70. The highest BCUT2D eigenvalue weighted by atomic mass is 16.4. The van der Waals surface area contributed by atoms with Crippen LogP contribution >= 0.6 is 0 Å². The number of carbonyl (C=O) groups excluding carboxylic acids is 1. The summed E-state index contributed by atoms with van der Waals surface area (Å²) < 4.78 is 0. The third kappa shape index (κ3) is 1.63. The number of carboxylic acids is 1. The second-order valence-corrected chi connectivity index (χ2v) is 9.21. The Bertz CT molecular complexity index is 541. The van der Waals surface area contributed by atoms with Crippen molar-refractivity contribution < 1.29 is 14.7 Å². The number of ketones is 1. The number of hydrogen-bond acceptors (Lipinski definition) is 2. The van der Waals surface area contributed by atoms with Crippen LogP contribution in [0.3, 0.4) is 0 Å². The molecule has 0 aliphatic heterocycles. The first kappa shape index (κ1) is 14.7. The Balaban J connectivity index is 1.75. The molecule has 3 nitrogen and oxygen atoms in total. The average Bonchev–Trinajstić information content (AvgIpc) is 2.68. The summed E-state index contributed by atoms with van der Waals surface area (Å²) in [5.41, 5.74) is -0.213. The summed E-state index contributed by atoms with van der Waals surface area (Å²) >= 11 is 0. The molecule has 0 amide bonds. The molecule has 4 fully saturated rings. The van der Waals surface area contributed by atoms with Gasteiger partial charge < -0.3 is 5.11 Å². The average molecular weight is 304 g/mol. The molecule has 1 spiro atoms. The summed E-state index contributed by atoms with van der Waals surface area (Å²) in [5, 5.41) is 9.86. The van der Waals surface area contributed by atoms with Crippen LogP contribution in [-0.2, 0) is 9.59 Å². The monoisotopic (exact) mass is 304 g/mol. The van der Waals surface area contributed by atoms with Crippen LogP contribution in [0.2, 0.25) is 0 Å². The Labute approximate surface area is 132 Å². The van der Waals surface area contributed by atoms with Gasteiger partial charge in [0.25, 0.3) is 0 Å². The van der Waals surface area contributed by atoms with Gasteiger partial charge in [-0.1, -0.05) is 13.3 Å². The third-order valence-electron chi connectivity index (χ3n) is 8.37. The first-order valence-corrected chi connectivity index (χ1v) is 9.08. The fourth-order valence-electron chi connectivity index (χ4n) is 7.43. The molecule has 2 bridgehead atoms. The number of Topliss-reactive ketones (excluding diaryl/α,β-unsaturated/α-hetero) is 1. The summed E-state index contributed by atoms with van der Waals surface area (Å²) in [6, 6.07) is 0. The van der Waals surface area contributed by atoms with E-state index in [1.807, 2.05) is 6.92 Å². The molecule has 22 heavy (non-hydrogen) atoms. The molecule has 0 aromatic heterocycles. The number of fused-ring (bicyclic) bond motifs is 3. The molecule has 1 N–H and O–H groups in total. The summed E-state index contributed by atoms with van der Waals surface area (Å²) in [7, 11) is 0. The summed E-state index contributed by atoms with van der Waals surface area (Å²) in [5.74, 6) is 1.08. The van der Waals surface area contributed by atoms with Gasteiger partial charge in [-0.05, 0) is 74.5 Å². The molecule has 122 valence electrons. The van der Waals surface area contributed by atoms with E-state index in [2.05, 4.69) is 6.92 Å². The van der Waals surface area contributed by atoms with Crippen molar-refractivity contribution in [1.82, 2.24) is 0 Å². The number of carbonyl (C=O) groups is 2. The SMILES string of the molecule is C[C@]12CCC[C@](C)(C(=O)O)[C@@H]1CC[C@@]13CC(=O)[C@@H](CC[C@@H]12)C3. The number of aliphatic carboxylic acids is 1. The molecule has 0 unspecified atom stereocenters. The van der Waals surface area contributed by atoms with Crippen LogP contribution in [0.5, 0.6) is 0 Å². The summed E-state index contributed by atoms with van der Waals surface area (Å²) in [6.45, 7) is 4.35. The van der Waals surface area contributed by atoms with E-state index in [0.717, 1.165) is 57.8 Å². The lowest BCUT2D eigenvalue weighted by atomic mass is 9.41.